The number of halogens is 1. The van der Waals surface area contributed by atoms with E-state index in [2.05, 4.69) is 10.3 Å². The Labute approximate surface area is 151 Å². The molecule has 0 spiro atoms. The van der Waals surface area contributed by atoms with E-state index in [9.17, 15) is 19.7 Å². The molecule has 0 unspecified atom stereocenters. The number of hydrogen-bond donors (Lipinski definition) is 0. The molecule has 1 fully saturated rings. The van der Waals surface area contributed by atoms with Crippen LogP contribution in [-0.4, -0.2) is 28.8 Å². The summed E-state index contributed by atoms with van der Waals surface area (Å²) in [6.45, 7) is 0. The molecule has 1 saturated heterocycles. The van der Waals surface area contributed by atoms with E-state index in [1.807, 2.05) is 0 Å². The standard InChI is InChI=1S/C16H10ClN5O4/c17-9-1-3-10(4-2-9)20-15(23)13-14(16(20)24)21(19-18-13)11-5-7-12(8-6-11)22(25)26/h1-8,13-14H/t13-,14-/m0/s1. The Morgan fingerprint density at radius 3 is 2.19 bits per heavy atom. The zero-order valence-corrected chi connectivity index (χ0v) is 13.8. The second-order valence-electron chi connectivity index (χ2n) is 5.70. The molecule has 2 atom stereocenters. The van der Waals surface area contributed by atoms with Gasteiger partial charge in [0.25, 0.3) is 17.5 Å². The Morgan fingerprint density at radius 2 is 1.58 bits per heavy atom. The van der Waals surface area contributed by atoms with Gasteiger partial charge in [-0.25, -0.2) is 9.91 Å². The van der Waals surface area contributed by atoms with Crippen LogP contribution < -0.4 is 9.91 Å². The summed E-state index contributed by atoms with van der Waals surface area (Å²) in [6, 6.07) is 9.98. The van der Waals surface area contributed by atoms with Gasteiger partial charge in [-0.15, -0.1) is 0 Å². The van der Waals surface area contributed by atoms with Crippen molar-refractivity contribution in [2.24, 2.45) is 10.3 Å². The van der Waals surface area contributed by atoms with Gasteiger partial charge >= 0.3 is 0 Å². The minimum atomic E-state index is -0.951. The summed E-state index contributed by atoms with van der Waals surface area (Å²) in [6.07, 6.45) is 0. The molecule has 0 aromatic heterocycles. The van der Waals surface area contributed by atoms with Crippen LogP contribution in [0.5, 0.6) is 0 Å². The second-order valence-corrected chi connectivity index (χ2v) is 6.14. The molecule has 0 N–H and O–H groups in total. The van der Waals surface area contributed by atoms with E-state index in [-0.39, 0.29) is 5.69 Å². The third-order valence-electron chi connectivity index (χ3n) is 4.19. The molecule has 9 nitrogen and oxygen atoms in total. The highest BCUT2D eigenvalue weighted by Gasteiger charge is 2.55. The number of benzene rings is 2. The number of nitro benzene ring substituents is 1. The largest absolute Gasteiger partial charge is 0.271 e. The first kappa shape index (κ1) is 16.2. The lowest BCUT2D eigenvalue weighted by Gasteiger charge is -2.20. The SMILES string of the molecule is O=C1[C@H]2N=NN(c3ccc([N+](=O)[O-])cc3)[C@@H]2C(=O)N1c1ccc(Cl)cc1. The van der Waals surface area contributed by atoms with Crippen molar-refractivity contribution in [3.8, 4) is 0 Å². The van der Waals surface area contributed by atoms with Crippen LogP contribution >= 0.6 is 11.6 Å². The number of carbonyl (C=O) groups excluding carboxylic acids is 2. The number of non-ortho nitro benzene ring substituents is 1. The molecule has 130 valence electrons. The van der Waals surface area contributed by atoms with Crippen molar-refractivity contribution in [3.63, 3.8) is 0 Å². The molecule has 0 saturated carbocycles. The zero-order chi connectivity index (χ0) is 18.4. The number of carbonyl (C=O) groups is 2. The Bertz CT molecular complexity index is 944. The molecule has 4 rings (SSSR count). The summed E-state index contributed by atoms with van der Waals surface area (Å²) >= 11 is 5.85. The summed E-state index contributed by atoms with van der Waals surface area (Å²) in [5, 5.41) is 20.4. The minimum absolute atomic E-state index is 0.0851. The van der Waals surface area contributed by atoms with Crippen molar-refractivity contribution in [2.75, 3.05) is 9.91 Å². The lowest BCUT2D eigenvalue weighted by molar-refractivity contribution is -0.384. The van der Waals surface area contributed by atoms with Crippen LogP contribution in [0.15, 0.2) is 58.9 Å². The number of anilines is 2. The number of fused-ring (bicyclic) bond motifs is 1. The number of rotatable bonds is 3. The Morgan fingerprint density at radius 1 is 0.962 bits per heavy atom. The zero-order valence-electron chi connectivity index (χ0n) is 13.0. The number of nitrogens with zero attached hydrogens (tertiary/aromatic N) is 5. The molecule has 26 heavy (non-hydrogen) atoms. The molecule has 0 aliphatic carbocycles. The van der Waals surface area contributed by atoms with E-state index in [0.29, 0.717) is 16.4 Å². The van der Waals surface area contributed by atoms with Gasteiger partial charge < -0.3 is 0 Å². The molecule has 2 aromatic rings. The van der Waals surface area contributed by atoms with Gasteiger partial charge in [-0.2, -0.15) is 5.11 Å². The summed E-state index contributed by atoms with van der Waals surface area (Å²) < 4.78 is 0. The van der Waals surface area contributed by atoms with Gasteiger partial charge in [0, 0.05) is 17.2 Å². The fourth-order valence-electron chi connectivity index (χ4n) is 2.95. The lowest BCUT2D eigenvalue weighted by atomic mass is 10.1. The molecule has 2 aromatic carbocycles. The Hall–Kier alpha value is -3.33. The quantitative estimate of drug-likeness (QED) is 0.468. The Balaban J connectivity index is 1.65. The highest BCUT2D eigenvalue weighted by Crippen LogP contribution is 2.35. The fraction of sp³-hybridized carbons (Fsp3) is 0.125. The highest BCUT2D eigenvalue weighted by atomic mass is 35.5. The normalized spacial score (nSPS) is 21.4. The van der Waals surface area contributed by atoms with Crippen LogP contribution in [-0.2, 0) is 9.59 Å². The first-order valence-corrected chi connectivity index (χ1v) is 7.93. The van der Waals surface area contributed by atoms with E-state index in [1.165, 1.54) is 29.3 Å². The Kier molecular flexibility index (Phi) is 3.66. The van der Waals surface area contributed by atoms with Crippen molar-refractivity contribution in [3.05, 3.63) is 63.7 Å². The van der Waals surface area contributed by atoms with Crippen molar-refractivity contribution >= 4 is 40.5 Å². The topological polar surface area (TPSA) is 108 Å². The summed E-state index contributed by atoms with van der Waals surface area (Å²) in [5.41, 5.74) is 0.752. The lowest BCUT2D eigenvalue weighted by Crippen LogP contribution is -2.39. The van der Waals surface area contributed by atoms with Crippen molar-refractivity contribution in [1.29, 1.82) is 0 Å². The van der Waals surface area contributed by atoms with Gasteiger partial charge in [0.05, 0.1) is 16.3 Å². The maximum Gasteiger partial charge on any atom is 0.269 e. The van der Waals surface area contributed by atoms with E-state index in [0.717, 1.165) is 4.90 Å². The van der Waals surface area contributed by atoms with E-state index >= 15 is 0 Å². The van der Waals surface area contributed by atoms with Crippen molar-refractivity contribution < 1.29 is 14.5 Å². The van der Waals surface area contributed by atoms with Gasteiger partial charge in [0.15, 0.2) is 12.1 Å². The molecule has 2 heterocycles. The molecule has 0 radical (unpaired) electrons. The van der Waals surface area contributed by atoms with Gasteiger partial charge in [0.2, 0.25) is 0 Å². The first-order chi connectivity index (χ1) is 12.5. The van der Waals surface area contributed by atoms with Crippen molar-refractivity contribution in [1.82, 2.24) is 0 Å². The van der Waals surface area contributed by atoms with Crippen LogP contribution in [0.4, 0.5) is 17.1 Å². The first-order valence-electron chi connectivity index (χ1n) is 7.55. The maximum absolute atomic E-state index is 12.8. The molecule has 2 aliphatic heterocycles. The van der Waals surface area contributed by atoms with Crippen LogP contribution in [0.1, 0.15) is 0 Å². The van der Waals surface area contributed by atoms with E-state index in [4.69, 9.17) is 11.6 Å². The minimum Gasteiger partial charge on any atom is -0.271 e. The maximum atomic E-state index is 12.8. The van der Waals surface area contributed by atoms with Gasteiger partial charge in [-0.1, -0.05) is 16.8 Å². The van der Waals surface area contributed by atoms with Gasteiger partial charge in [-0.05, 0) is 36.4 Å². The van der Waals surface area contributed by atoms with Gasteiger partial charge in [0.1, 0.15) is 0 Å². The van der Waals surface area contributed by atoms with Gasteiger partial charge in [-0.3, -0.25) is 19.7 Å². The summed E-state index contributed by atoms with van der Waals surface area (Å²) in [5.74, 6) is -0.943. The molecular weight excluding hydrogens is 362 g/mol. The smallest absolute Gasteiger partial charge is 0.269 e. The number of nitro groups is 1. The van der Waals surface area contributed by atoms with Crippen molar-refractivity contribution in [2.45, 2.75) is 12.1 Å². The highest BCUT2D eigenvalue weighted by molar-refractivity contribution is 6.31. The predicted octanol–water partition coefficient (Wildman–Crippen LogP) is 2.75. The van der Waals surface area contributed by atoms with Crippen LogP contribution in [0.25, 0.3) is 0 Å². The molecule has 0 bridgehead atoms. The van der Waals surface area contributed by atoms with Crippen LogP contribution in [0.3, 0.4) is 0 Å². The van der Waals surface area contributed by atoms with E-state index < -0.39 is 28.8 Å². The summed E-state index contributed by atoms with van der Waals surface area (Å²) in [4.78, 5) is 36.8. The van der Waals surface area contributed by atoms with E-state index in [1.54, 1.807) is 24.3 Å². The third kappa shape index (κ3) is 2.40. The van der Waals surface area contributed by atoms with Crippen LogP contribution in [0, 0.1) is 10.1 Å². The average molecular weight is 372 g/mol. The molecule has 10 heteroatoms. The number of imide groups is 1. The summed E-state index contributed by atoms with van der Waals surface area (Å²) in [7, 11) is 0. The predicted molar refractivity (Wildman–Crippen MR) is 92.0 cm³/mol. The molecule has 2 amide bonds. The second kappa shape index (κ2) is 5.88. The average Bonchev–Trinajstić information content (AvgIpc) is 3.17. The number of hydrogen-bond acceptors (Lipinski definition) is 7. The molecular formula is C16H10ClN5O4. The van der Waals surface area contributed by atoms with Crippen LogP contribution in [0.2, 0.25) is 5.02 Å². The number of amides is 2. The monoisotopic (exact) mass is 371 g/mol. The molecule has 2 aliphatic rings. The third-order valence-corrected chi connectivity index (χ3v) is 4.44. The fourth-order valence-corrected chi connectivity index (χ4v) is 3.07.